The van der Waals surface area contributed by atoms with Crippen molar-refractivity contribution in [3.8, 4) is 0 Å². The van der Waals surface area contributed by atoms with Gasteiger partial charge in [-0.05, 0) is 37.0 Å². The number of rotatable bonds is 4. The van der Waals surface area contributed by atoms with Gasteiger partial charge in [0, 0.05) is 35.4 Å². The van der Waals surface area contributed by atoms with Gasteiger partial charge >= 0.3 is 0 Å². The molecule has 2 aromatic carbocycles. The summed E-state index contributed by atoms with van der Waals surface area (Å²) in [6.45, 7) is 0. The first-order chi connectivity index (χ1) is 11.8. The van der Waals surface area contributed by atoms with Gasteiger partial charge in [-0.1, -0.05) is 55.7 Å². The number of para-hydroxylation sites is 2. The van der Waals surface area contributed by atoms with Crippen LogP contribution in [0.1, 0.15) is 43.7 Å². The van der Waals surface area contributed by atoms with Crippen molar-refractivity contribution in [3.63, 3.8) is 0 Å². The van der Waals surface area contributed by atoms with Crippen LogP contribution in [0.25, 0.3) is 10.9 Å². The molecule has 1 aliphatic carbocycles. The van der Waals surface area contributed by atoms with Crippen LogP contribution >= 0.6 is 0 Å². The minimum absolute atomic E-state index is 0.434. The van der Waals surface area contributed by atoms with Crippen LogP contribution in [0.3, 0.4) is 0 Å². The minimum atomic E-state index is 0.434. The van der Waals surface area contributed by atoms with Crippen molar-refractivity contribution in [2.75, 3.05) is 11.9 Å². The largest absolute Gasteiger partial charge is 0.367 e. The monoisotopic (exact) mass is 318 g/mol. The topological polar surface area (TPSA) is 19.0 Å². The van der Waals surface area contributed by atoms with Crippen molar-refractivity contribution in [2.45, 2.75) is 38.1 Å². The molecular weight excluding hydrogens is 292 g/mol. The van der Waals surface area contributed by atoms with Crippen molar-refractivity contribution >= 4 is 16.6 Å². The van der Waals surface area contributed by atoms with Gasteiger partial charge in [-0.3, -0.25) is 0 Å². The normalized spacial score (nSPS) is 17.0. The van der Waals surface area contributed by atoms with Crippen LogP contribution in [0.15, 0.2) is 60.8 Å². The van der Waals surface area contributed by atoms with Gasteiger partial charge in [-0.15, -0.1) is 0 Å². The quantitative estimate of drug-likeness (QED) is 0.632. The lowest BCUT2D eigenvalue weighted by atomic mass is 9.80. The molecule has 1 N–H and O–H groups in total. The Morgan fingerprint density at radius 1 is 0.917 bits per heavy atom. The van der Waals surface area contributed by atoms with Crippen molar-refractivity contribution in [2.24, 2.45) is 5.92 Å². The smallest absolute Gasteiger partial charge is 0.0588 e. The maximum atomic E-state index is 3.49. The molecule has 0 aliphatic heterocycles. The Morgan fingerprint density at radius 3 is 2.42 bits per heavy atom. The van der Waals surface area contributed by atoms with Crippen LogP contribution in [0.4, 0.5) is 5.69 Å². The van der Waals surface area contributed by atoms with Crippen molar-refractivity contribution in [3.05, 3.63) is 66.4 Å². The predicted molar refractivity (Wildman–Crippen MR) is 102 cm³/mol. The van der Waals surface area contributed by atoms with Crippen LogP contribution in [0.2, 0.25) is 0 Å². The number of H-pyrrole nitrogens is 1. The van der Waals surface area contributed by atoms with E-state index in [4.69, 9.17) is 0 Å². The number of nitrogens with one attached hydrogen (secondary N) is 1. The zero-order valence-corrected chi connectivity index (χ0v) is 14.4. The Hall–Kier alpha value is -2.22. The molecule has 0 saturated heterocycles. The summed E-state index contributed by atoms with van der Waals surface area (Å²) in [5.41, 5.74) is 4.00. The summed E-state index contributed by atoms with van der Waals surface area (Å²) < 4.78 is 0. The molecule has 0 spiro atoms. The lowest BCUT2D eigenvalue weighted by molar-refractivity contribution is 0.303. The molecule has 1 heterocycles. The van der Waals surface area contributed by atoms with Gasteiger partial charge in [-0.2, -0.15) is 0 Å². The molecule has 24 heavy (non-hydrogen) atoms. The fourth-order valence-corrected chi connectivity index (χ4v) is 4.39. The van der Waals surface area contributed by atoms with Gasteiger partial charge in [0.25, 0.3) is 0 Å². The predicted octanol–water partition coefficient (Wildman–Crippen LogP) is 5.93. The average Bonchev–Trinajstić information content (AvgIpc) is 3.07. The molecule has 1 aromatic heterocycles. The fraction of sp³-hybridized carbons (Fsp3) is 0.364. The van der Waals surface area contributed by atoms with E-state index in [0.29, 0.717) is 6.04 Å². The van der Waals surface area contributed by atoms with Gasteiger partial charge in [0.15, 0.2) is 0 Å². The third-order valence-electron chi connectivity index (χ3n) is 5.62. The Morgan fingerprint density at radius 2 is 1.62 bits per heavy atom. The van der Waals surface area contributed by atoms with Crippen LogP contribution in [-0.2, 0) is 0 Å². The number of aromatic amines is 1. The zero-order chi connectivity index (χ0) is 16.4. The summed E-state index contributed by atoms with van der Waals surface area (Å²) in [5.74, 6) is 0.725. The standard InChI is InChI=1S/C22H26N2/c1-24(18-12-6-3-7-13-18)22(17-10-4-2-5-11-17)20-16-23-21-15-9-8-14-19(20)21/h3,6-9,12-17,22-23H,2,4-5,10-11H2,1H3. The maximum Gasteiger partial charge on any atom is 0.0588 e. The van der Waals surface area contributed by atoms with E-state index in [1.54, 1.807) is 0 Å². The first-order valence-corrected chi connectivity index (χ1v) is 9.18. The number of anilines is 1. The first kappa shape index (κ1) is 15.3. The first-order valence-electron chi connectivity index (χ1n) is 9.18. The highest BCUT2D eigenvalue weighted by molar-refractivity contribution is 5.84. The van der Waals surface area contributed by atoms with E-state index in [1.165, 1.54) is 54.3 Å². The van der Waals surface area contributed by atoms with Crippen molar-refractivity contribution in [1.29, 1.82) is 0 Å². The van der Waals surface area contributed by atoms with Crippen LogP contribution in [-0.4, -0.2) is 12.0 Å². The molecule has 2 heteroatoms. The van der Waals surface area contributed by atoms with Crippen molar-refractivity contribution in [1.82, 2.24) is 4.98 Å². The second kappa shape index (κ2) is 6.72. The van der Waals surface area contributed by atoms with E-state index >= 15 is 0 Å². The Labute approximate surface area is 144 Å². The number of nitrogens with zero attached hydrogens (tertiary/aromatic N) is 1. The summed E-state index contributed by atoms with van der Waals surface area (Å²) in [4.78, 5) is 5.98. The summed E-state index contributed by atoms with van der Waals surface area (Å²) >= 11 is 0. The molecule has 2 nitrogen and oxygen atoms in total. The molecule has 1 aliphatic rings. The Kier molecular flexibility index (Phi) is 4.29. The number of benzene rings is 2. The van der Waals surface area contributed by atoms with Crippen LogP contribution in [0.5, 0.6) is 0 Å². The Balaban J connectivity index is 1.78. The molecule has 1 unspecified atom stereocenters. The second-order valence-corrected chi connectivity index (χ2v) is 7.08. The third kappa shape index (κ3) is 2.82. The molecule has 1 fully saturated rings. The molecule has 0 amide bonds. The molecule has 4 rings (SSSR count). The molecular formula is C22H26N2. The summed E-state index contributed by atoms with van der Waals surface area (Å²) in [5, 5.41) is 1.37. The van der Waals surface area contributed by atoms with Crippen LogP contribution < -0.4 is 4.90 Å². The number of hydrogen-bond acceptors (Lipinski definition) is 1. The van der Waals surface area contributed by atoms with Gasteiger partial charge in [0.05, 0.1) is 6.04 Å². The van der Waals surface area contributed by atoms with E-state index in [-0.39, 0.29) is 0 Å². The van der Waals surface area contributed by atoms with E-state index in [9.17, 15) is 0 Å². The van der Waals surface area contributed by atoms with Gasteiger partial charge in [0.1, 0.15) is 0 Å². The van der Waals surface area contributed by atoms with Gasteiger partial charge < -0.3 is 9.88 Å². The van der Waals surface area contributed by atoms with E-state index in [0.717, 1.165) is 5.92 Å². The maximum absolute atomic E-state index is 3.49. The molecule has 0 radical (unpaired) electrons. The summed E-state index contributed by atoms with van der Waals surface area (Å²) in [7, 11) is 2.26. The molecule has 1 saturated carbocycles. The second-order valence-electron chi connectivity index (χ2n) is 7.08. The number of fused-ring (bicyclic) bond motifs is 1. The van der Waals surface area contributed by atoms with Gasteiger partial charge in [0.2, 0.25) is 0 Å². The highest BCUT2D eigenvalue weighted by Gasteiger charge is 2.30. The lowest BCUT2D eigenvalue weighted by Crippen LogP contribution is -2.31. The van der Waals surface area contributed by atoms with E-state index in [1.807, 2.05) is 0 Å². The van der Waals surface area contributed by atoms with Crippen LogP contribution in [0, 0.1) is 5.92 Å². The summed E-state index contributed by atoms with van der Waals surface area (Å²) in [6, 6.07) is 20.0. The third-order valence-corrected chi connectivity index (χ3v) is 5.62. The van der Waals surface area contributed by atoms with E-state index in [2.05, 4.69) is 77.7 Å². The minimum Gasteiger partial charge on any atom is -0.367 e. The van der Waals surface area contributed by atoms with Gasteiger partial charge in [-0.25, -0.2) is 0 Å². The fourth-order valence-electron chi connectivity index (χ4n) is 4.39. The number of hydrogen-bond donors (Lipinski definition) is 1. The highest BCUT2D eigenvalue weighted by atomic mass is 15.1. The Bertz CT molecular complexity index is 784. The molecule has 1 atom stereocenters. The highest BCUT2D eigenvalue weighted by Crippen LogP contribution is 2.41. The molecule has 0 bridgehead atoms. The zero-order valence-electron chi connectivity index (χ0n) is 14.4. The molecule has 124 valence electrons. The summed E-state index contributed by atoms with van der Waals surface area (Å²) in [6.07, 6.45) is 9.04. The number of aromatic nitrogens is 1. The SMILES string of the molecule is CN(c1ccccc1)C(c1c[nH]c2ccccc12)C1CCCCC1. The van der Waals surface area contributed by atoms with Crippen molar-refractivity contribution < 1.29 is 0 Å². The molecule has 3 aromatic rings. The lowest BCUT2D eigenvalue weighted by Gasteiger charge is -2.38. The van der Waals surface area contributed by atoms with E-state index < -0.39 is 0 Å². The average molecular weight is 318 g/mol.